The number of aliphatic hydroxyl groups excluding tert-OH is 3. The average Bonchev–Trinajstić information content (AvgIpc) is 3.75. The molecule has 8 nitrogen and oxygen atoms in total. The first-order chi connectivity index (χ1) is 18.5. The van der Waals surface area contributed by atoms with Crippen molar-refractivity contribution in [1.82, 2.24) is 4.98 Å². The van der Waals surface area contributed by atoms with Crippen molar-refractivity contribution < 1.29 is 47.6 Å². The van der Waals surface area contributed by atoms with Gasteiger partial charge in [0, 0.05) is 17.7 Å². The van der Waals surface area contributed by atoms with E-state index >= 15 is 0 Å². The molecule has 0 spiro atoms. The molecule has 1 aromatic rings. The zero-order chi connectivity index (χ0) is 29.8. The number of nitrogens with zero attached hydrogens (tertiary/aromatic N) is 1. The largest absolute Gasteiger partial charge is 0.458 e. The Morgan fingerprint density at radius 2 is 1.90 bits per heavy atom. The summed E-state index contributed by atoms with van der Waals surface area (Å²) in [5, 5.41) is 33.3. The highest BCUT2D eigenvalue weighted by Crippen LogP contribution is 2.61. The second-order valence-corrected chi connectivity index (χ2v) is 13.2. The molecule has 0 amide bonds. The van der Waals surface area contributed by atoms with Crippen LogP contribution >= 0.6 is 11.3 Å². The van der Waals surface area contributed by atoms with Gasteiger partial charge in [-0.05, 0) is 49.2 Å². The Morgan fingerprint density at radius 3 is 2.50 bits per heavy atom. The molecule has 1 saturated carbocycles. The van der Waals surface area contributed by atoms with Crippen molar-refractivity contribution in [2.45, 2.75) is 103 Å². The highest BCUT2D eigenvalue weighted by molar-refractivity contribution is 7.09. The van der Waals surface area contributed by atoms with E-state index in [4.69, 9.17) is 9.47 Å². The summed E-state index contributed by atoms with van der Waals surface area (Å²) >= 11 is 1.21. The molecule has 1 aliphatic carbocycles. The maximum Gasteiger partial charge on any atom is 0.420 e. The summed E-state index contributed by atoms with van der Waals surface area (Å²) < 4.78 is 54.1. The Morgan fingerprint density at radius 1 is 1.23 bits per heavy atom. The molecule has 2 saturated heterocycles. The van der Waals surface area contributed by atoms with E-state index in [1.807, 2.05) is 0 Å². The summed E-state index contributed by atoms with van der Waals surface area (Å²) in [6.45, 7) is 7.63. The Kier molecular flexibility index (Phi) is 8.62. The number of cyclic esters (lactones) is 1. The van der Waals surface area contributed by atoms with Crippen molar-refractivity contribution in [2.24, 2.45) is 29.1 Å². The molecular weight excluding hydrogens is 551 g/mol. The Labute approximate surface area is 235 Å². The molecule has 3 aliphatic rings. The molecule has 1 aromatic heterocycles. The zero-order valence-electron chi connectivity index (χ0n) is 23.3. The van der Waals surface area contributed by atoms with Gasteiger partial charge in [0.1, 0.15) is 23.0 Å². The molecule has 0 radical (unpaired) electrons. The minimum absolute atomic E-state index is 0.198. The number of ketones is 1. The van der Waals surface area contributed by atoms with Crippen LogP contribution < -0.4 is 0 Å². The fourth-order valence-corrected chi connectivity index (χ4v) is 6.70. The molecule has 12 heteroatoms. The summed E-state index contributed by atoms with van der Waals surface area (Å²) in [5.41, 5.74) is -2.88. The molecule has 2 aliphatic heterocycles. The Bertz CT molecular complexity index is 1150. The van der Waals surface area contributed by atoms with Gasteiger partial charge in [0.05, 0.1) is 36.3 Å². The molecular formula is C28H38F3NO7S. The lowest BCUT2D eigenvalue weighted by Crippen LogP contribution is -2.46. The van der Waals surface area contributed by atoms with Gasteiger partial charge in [-0.25, -0.2) is 4.98 Å². The number of halogens is 3. The van der Waals surface area contributed by atoms with Gasteiger partial charge in [0.2, 0.25) is 0 Å². The number of carbonyl (C=O) groups is 2. The normalized spacial score (nSPS) is 39.2. The Balaban J connectivity index is 1.66. The summed E-state index contributed by atoms with van der Waals surface area (Å²) in [6, 6.07) is 0. The molecule has 40 heavy (non-hydrogen) atoms. The number of alkyl halides is 3. The predicted octanol–water partition coefficient (Wildman–Crippen LogP) is 4.06. The van der Waals surface area contributed by atoms with Crippen molar-refractivity contribution in [3.8, 4) is 0 Å². The van der Waals surface area contributed by atoms with Crippen LogP contribution in [0.1, 0.15) is 71.0 Å². The zero-order valence-corrected chi connectivity index (χ0v) is 24.1. The summed E-state index contributed by atoms with van der Waals surface area (Å²) in [4.78, 5) is 30.5. The SMILES string of the molecule is C/C(=C\c1csc(CO)n1)[C@H]1C[C@@H]2O[C@]2(C(F)(F)F)C[C@H]2C[C@H]2[C@H](C)[C@H](O)[C@@H](C)C(=O)C(C)(C)[C@@H](O)CC(=O)O1. The third-order valence-corrected chi connectivity index (χ3v) is 9.95. The van der Waals surface area contributed by atoms with Crippen molar-refractivity contribution in [1.29, 1.82) is 0 Å². The molecule has 0 aromatic carbocycles. The van der Waals surface area contributed by atoms with Crippen molar-refractivity contribution in [3.05, 3.63) is 21.7 Å². The lowest BCUT2D eigenvalue weighted by atomic mass is 9.72. The second-order valence-electron chi connectivity index (χ2n) is 12.2. The van der Waals surface area contributed by atoms with E-state index in [0.717, 1.165) is 0 Å². The summed E-state index contributed by atoms with van der Waals surface area (Å²) in [5.74, 6) is -3.19. The number of aromatic nitrogens is 1. The first kappa shape index (κ1) is 31.1. The molecule has 224 valence electrons. The second kappa shape index (κ2) is 11.1. The average molecular weight is 590 g/mol. The van der Waals surface area contributed by atoms with Crippen LogP contribution in [-0.2, 0) is 25.7 Å². The number of aliphatic hydroxyl groups is 3. The van der Waals surface area contributed by atoms with Gasteiger partial charge >= 0.3 is 12.1 Å². The third kappa shape index (κ3) is 6.01. The standard InChI is InChI=1S/C28H38F3NO7S/c1-13(6-17-12-40-22(11-33)32-17)19-8-21-27(39-21,28(29,30)31)10-16-7-18(16)14(2)24(36)15(3)25(37)26(4,5)20(34)9-23(35)38-19/h6,12,14-16,18-21,24,33-34,36H,7-11H2,1-5H3/b13-6+/t14-,15+,16+,18-,19+,20-,21-,24-,27+/m0/s1. The number of thiazole rings is 1. The number of carbonyl (C=O) groups excluding carboxylic acids is 2. The van der Waals surface area contributed by atoms with Gasteiger partial charge in [0.15, 0.2) is 5.60 Å². The molecule has 0 unspecified atom stereocenters. The van der Waals surface area contributed by atoms with Crippen LogP contribution in [-0.4, -0.2) is 68.2 Å². The monoisotopic (exact) mass is 589 g/mol. The van der Waals surface area contributed by atoms with Crippen LogP contribution in [0.4, 0.5) is 13.2 Å². The van der Waals surface area contributed by atoms with Crippen LogP contribution in [0.15, 0.2) is 11.0 Å². The molecule has 3 heterocycles. The Hall–Kier alpha value is -1.86. The van der Waals surface area contributed by atoms with Crippen LogP contribution in [0.25, 0.3) is 6.08 Å². The number of ether oxygens (including phenoxy) is 2. The van der Waals surface area contributed by atoms with E-state index < -0.39 is 71.6 Å². The van der Waals surface area contributed by atoms with E-state index in [-0.39, 0.29) is 31.3 Å². The number of esters is 1. The maximum atomic E-state index is 14.4. The van der Waals surface area contributed by atoms with Gasteiger partial charge in [-0.1, -0.05) is 27.7 Å². The fourth-order valence-electron chi connectivity index (χ4n) is 6.09. The van der Waals surface area contributed by atoms with Gasteiger partial charge < -0.3 is 24.8 Å². The third-order valence-electron chi connectivity index (χ3n) is 9.10. The first-order valence-corrected chi connectivity index (χ1v) is 14.5. The van der Waals surface area contributed by atoms with Gasteiger partial charge in [0.25, 0.3) is 0 Å². The minimum Gasteiger partial charge on any atom is -0.458 e. The van der Waals surface area contributed by atoms with Gasteiger partial charge in [-0.3, -0.25) is 9.59 Å². The van der Waals surface area contributed by atoms with E-state index in [0.29, 0.717) is 22.7 Å². The van der Waals surface area contributed by atoms with Crippen molar-refractivity contribution in [3.63, 3.8) is 0 Å². The predicted molar refractivity (Wildman–Crippen MR) is 140 cm³/mol. The van der Waals surface area contributed by atoms with Gasteiger partial charge in [-0.2, -0.15) is 13.2 Å². The molecule has 0 bridgehead atoms. The van der Waals surface area contributed by atoms with Crippen LogP contribution in [0.5, 0.6) is 0 Å². The maximum absolute atomic E-state index is 14.4. The summed E-state index contributed by atoms with van der Waals surface area (Å²) in [7, 11) is 0. The molecule has 4 rings (SSSR count). The number of fused-ring (bicyclic) bond motifs is 2. The number of rotatable bonds is 3. The first-order valence-electron chi connectivity index (χ1n) is 13.6. The van der Waals surface area contributed by atoms with Crippen LogP contribution in [0, 0.1) is 29.1 Å². The lowest BCUT2D eigenvalue weighted by molar-refractivity contribution is -0.187. The van der Waals surface area contributed by atoms with Crippen LogP contribution in [0.2, 0.25) is 0 Å². The van der Waals surface area contributed by atoms with E-state index in [9.17, 15) is 38.1 Å². The molecule has 3 N–H and O–H groups in total. The van der Waals surface area contributed by atoms with Crippen LogP contribution in [0.3, 0.4) is 0 Å². The van der Waals surface area contributed by atoms with E-state index in [1.165, 1.54) is 25.2 Å². The quantitative estimate of drug-likeness (QED) is 0.356. The van der Waals surface area contributed by atoms with E-state index in [1.54, 1.807) is 32.2 Å². The highest BCUT2D eigenvalue weighted by Gasteiger charge is 2.74. The minimum atomic E-state index is -4.65. The molecule has 9 atom stereocenters. The fraction of sp³-hybridized carbons (Fsp3) is 0.750. The van der Waals surface area contributed by atoms with Crippen molar-refractivity contribution in [2.75, 3.05) is 0 Å². The number of hydrogen-bond donors (Lipinski definition) is 3. The van der Waals surface area contributed by atoms with Crippen molar-refractivity contribution >= 4 is 29.2 Å². The summed E-state index contributed by atoms with van der Waals surface area (Å²) in [6.07, 6.45) is -8.58. The topological polar surface area (TPSA) is 129 Å². The van der Waals surface area contributed by atoms with Gasteiger partial charge in [-0.15, -0.1) is 11.3 Å². The molecule has 3 fully saturated rings. The lowest BCUT2D eigenvalue weighted by Gasteiger charge is -2.34. The number of hydrogen-bond acceptors (Lipinski definition) is 9. The van der Waals surface area contributed by atoms with E-state index in [2.05, 4.69) is 4.98 Å². The highest BCUT2D eigenvalue weighted by atomic mass is 32.1. The number of epoxide rings is 1. The smallest absolute Gasteiger partial charge is 0.420 e. The number of Topliss-reactive ketones (excluding diaryl/α,β-unsaturated/α-hetero) is 1.